The van der Waals surface area contributed by atoms with E-state index in [-0.39, 0.29) is 36.8 Å². The minimum atomic E-state index is -0.749. The highest BCUT2D eigenvalue weighted by molar-refractivity contribution is 5.95. The molecule has 2 N–H and O–H groups in total. The molecule has 2 heterocycles. The lowest BCUT2D eigenvalue weighted by Crippen LogP contribution is -2.50. The fourth-order valence-corrected chi connectivity index (χ4v) is 2.08. The number of carbonyl (C=O) groups is 3. The topological polar surface area (TPSA) is 112 Å². The fourth-order valence-electron chi connectivity index (χ4n) is 2.08. The maximum Gasteiger partial charge on any atom is 0.377 e. The van der Waals surface area contributed by atoms with Gasteiger partial charge in [-0.2, -0.15) is 0 Å². The van der Waals surface area contributed by atoms with E-state index in [1.165, 1.54) is 0 Å². The van der Waals surface area contributed by atoms with Gasteiger partial charge in [0.1, 0.15) is 26.1 Å². The average Bonchev–Trinajstić information content (AvgIpc) is 2.53. The molecular weight excluding hydrogens is 308 g/mol. The minimum Gasteiger partial charge on any atom is -0.493 e. The van der Waals surface area contributed by atoms with E-state index in [4.69, 9.17) is 18.9 Å². The molecule has 1 unspecified atom stereocenters. The Bertz CT molecular complexity index is 567. The fraction of sp³-hybridized carbons (Fsp3) is 0.500. The van der Waals surface area contributed by atoms with E-state index in [9.17, 15) is 14.4 Å². The molecule has 23 heavy (non-hydrogen) atoms. The normalized spacial score (nSPS) is 20.3. The van der Waals surface area contributed by atoms with Gasteiger partial charge >= 0.3 is 18.0 Å². The zero-order valence-electron chi connectivity index (χ0n) is 12.8. The first-order valence-corrected chi connectivity index (χ1v) is 7.12. The van der Waals surface area contributed by atoms with Gasteiger partial charge in [-0.3, -0.25) is 0 Å². The zero-order valence-corrected chi connectivity index (χ0v) is 12.8. The largest absolute Gasteiger partial charge is 0.493 e. The molecule has 9 nitrogen and oxygen atoms in total. The Labute approximate surface area is 132 Å². The highest BCUT2D eigenvalue weighted by Gasteiger charge is 2.30. The van der Waals surface area contributed by atoms with Gasteiger partial charge < -0.3 is 29.6 Å². The molecule has 126 valence electrons. The van der Waals surface area contributed by atoms with Crippen molar-refractivity contribution in [3.8, 4) is 0 Å². The second-order valence-electron chi connectivity index (χ2n) is 4.71. The van der Waals surface area contributed by atoms with Gasteiger partial charge in [0, 0.05) is 0 Å². The lowest BCUT2D eigenvalue weighted by Gasteiger charge is -2.26. The quantitative estimate of drug-likeness (QED) is 0.680. The van der Waals surface area contributed by atoms with Crippen molar-refractivity contribution in [1.82, 2.24) is 10.6 Å². The van der Waals surface area contributed by atoms with E-state index in [0.717, 1.165) is 6.26 Å². The Morgan fingerprint density at radius 2 is 2.09 bits per heavy atom. The van der Waals surface area contributed by atoms with Crippen LogP contribution in [0.5, 0.6) is 0 Å². The number of hydrogen-bond donors (Lipinski definition) is 2. The zero-order chi connectivity index (χ0) is 16.8. The third kappa shape index (κ3) is 4.15. The van der Waals surface area contributed by atoms with Crippen molar-refractivity contribution in [2.45, 2.75) is 19.9 Å². The van der Waals surface area contributed by atoms with Crippen LogP contribution in [-0.4, -0.2) is 50.4 Å². The maximum atomic E-state index is 12.0. The van der Waals surface area contributed by atoms with Crippen molar-refractivity contribution in [3.05, 3.63) is 23.3 Å². The van der Waals surface area contributed by atoms with Crippen molar-refractivity contribution in [2.75, 3.05) is 26.4 Å². The number of hydrogen-bond acceptors (Lipinski definition) is 7. The number of nitrogens with one attached hydrogen (secondary N) is 2. The lowest BCUT2D eigenvalue weighted by atomic mass is 10.0. The Kier molecular flexibility index (Phi) is 5.45. The first kappa shape index (κ1) is 16.7. The molecule has 0 saturated carbocycles. The number of urea groups is 1. The van der Waals surface area contributed by atoms with Crippen LogP contribution in [0.15, 0.2) is 23.3 Å². The summed E-state index contributed by atoms with van der Waals surface area (Å²) in [5.41, 5.74) is 0.374. The van der Waals surface area contributed by atoms with Gasteiger partial charge in [-0.15, -0.1) is 0 Å². The Morgan fingerprint density at radius 3 is 2.74 bits per heavy atom. The monoisotopic (exact) mass is 326 g/mol. The molecule has 0 aromatic heterocycles. The van der Waals surface area contributed by atoms with Crippen LogP contribution in [0, 0.1) is 0 Å². The second-order valence-corrected chi connectivity index (χ2v) is 4.71. The van der Waals surface area contributed by atoms with Crippen LogP contribution < -0.4 is 10.6 Å². The molecule has 9 heteroatoms. The molecule has 0 radical (unpaired) electrons. The molecule has 1 atom stereocenters. The van der Waals surface area contributed by atoms with Crippen LogP contribution >= 0.6 is 0 Å². The van der Waals surface area contributed by atoms with E-state index in [0.29, 0.717) is 6.61 Å². The van der Waals surface area contributed by atoms with Crippen molar-refractivity contribution < 1.29 is 33.3 Å². The van der Waals surface area contributed by atoms with Gasteiger partial charge in [0.2, 0.25) is 5.76 Å². The standard InChI is InChI=1S/C14H18N2O7/c1-3-21-13(18)11-8(2)15-14(19)16-9(11)6-23-12(17)10-7-20-4-5-22-10/h7-8H,3-6H2,1-2H3,(H2,15,16,19). The van der Waals surface area contributed by atoms with Crippen LogP contribution in [0.3, 0.4) is 0 Å². The van der Waals surface area contributed by atoms with Crippen molar-refractivity contribution in [1.29, 1.82) is 0 Å². The third-order valence-corrected chi connectivity index (χ3v) is 3.06. The second kappa shape index (κ2) is 7.52. The summed E-state index contributed by atoms with van der Waals surface area (Å²) in [5, 5.41) is 5.00. The molecule has 2 rings (SSSR count). The number of esters is 2. The third-order valence-electron chi connectivity index (χ3n) is 3.06. The summed E-state index contributed by atoms with van der Waals surface area (Å²) >= 11 is 0. The number of carbonyl (C=O) groups excluding carboxylic acids is 3. The lowest BCUT2D eigenvalue weighted by molar-refractivity contribution is -0.144. The van der Waals surface area contributed by atoms with Gasteiger partial charge in [-0.25, -0.2) is 14.4 Å². The molecule has 2 amide bonds. The molecule has 0 aromatic rings. The van der Waals surface area contributed by atoms with E-state index < -0.39 is 24.0 Å². The maximum absolute atomic E-state index is 12.0. The molecule has 0 spiro atoms. The summed E-state index contributed by atoms with van der Waals surface area (Å²) in [6.07, 6.45) is 1.16. The summed E-state index contributed by atoms with van der Waals surface area (Å²) in [7, 11) is 0. The highest BCUT2D eigenvalue weighted by atomic mass is 16.6. The molecule has 0 aromatic carbocycles. The number of rotatable bonds is 5. The van der Waals surface area contributed by atoms with Crippen LogP contribution in [0.2, 0.25) is 0 Å². The molecule has 0 bridgehead atoms. The summed E-state index contributed by atoms with van der Waals surface area (Å²) in [4.78, 5) is 35.4. The summed E-state index contributed by atoms with van der Waals surface area (Å²) in [6.45, 7) is 3.79. The van der Waals surface area contributed by atoms with Crippen LogP contribution in [0.1, 0.15) is 13.8 Å². The molecule has 0 fully saturated rings. The van der Waals surface area contributed by atoms with Crippen molar-refractivity contribution in [3.63, 3.8) is 0 Å². The summed E-state index contributed by atoms with van der Waals surface area (Å²) < 4.78 is 20.1. The predicted molar refractivity (Wildman–Crippen MR) is 75.7 cm³/mol. The van der Waals surface area contributed by atoms with Crippen molar-refractivity contribution >= 4 is 18.0 Å². The predicted octanol–water partition coefficient (Wildman–Crippen LogP) is -0.0637. The first-order chi connectivity index (χ1) is 11.0. The molecule has 2 aliphatic rings. The Morgan fingerprint density at radius 1 is 1.30 bits per heavy atom. The van der Waals surface area contributed by atoms with Crippen LogP contribution in [0.25, 0.3) is 0 Å². The Balaban J connectivity index is 2.10. The van der Waals surface area contributed by atoms with Gasteiger partial charge in [-0.05, 0) is 13.8 Å². The summed E-state index contributed by atoms with van der Waals surface area (Å²) in [5.74, 6) is -1.40. The van der Waals surface area contributed by atoms with Crippen LogP contribution in [0.4, 0.5) is 4.79 Å². The number of amides is 2. The van der Waals surface area contributed by atoms with Crippen LogP contribution in [-0.2, 0) is 28.5 Å². The SMILES string of the molecule is CCOC(=O)C1=C(COC(=O)C2=COCCO2)NC(=O)NC1C. The van der Waals surface area contributed by atoms with E-state index in [2.05, 4.69) is 10.6 Å². The van der Waals surface area contributed by atoms with Crippen molar-refractivity contribution in [2.24, 2.45) is 0 Å². The minimum absolute atomic E-state index is 0.0668. The Hall–Kier alpha value is -2.71. The van der Waals surface area contributed by atoms with Gasteiger partial charge in [0.15, 0.2) is 0 Å². The smallest absolute Gasteiger partial charge is 0.377 e. The number of ether oxygens (including phenoxy) is 4. The average molecular weight is 326 g/mol. The van der Waals surface area contributed by atoms with E-state index >= 15 is 0 Å². The first-order valence-electron chi connectivity index (χ1n) is 7.12. The van der Waals surface area contributed by atoms with Gasteiger partial charge in [0.25, 0.3) is 0 Å². The van der Waals surface area contributed by atoms with E-state index in [1.807, 2.05) is 0 Å². The van der Waals surface area contributed by atoms with Gasteiger partial charge in [-0.1, -0.05) is 0 Å². The summed E-state index contributed by atoms with van der Waals surface area (Å²) in [6, 6.07) is -1.06. The van der Waals surface area contributed by atoms with E-state index in [1.54, 1.807) is 13.8 Å². The molecule has 0 aliphatic carbocycles. The molecule has 2 aliphatic heterocycles. The molecule has 0 saturated heterocycles. The molecular formula is C14H18N2O7. The highest BCUT2D eigenvalue weighted by Crippen LogP contribution is 2.15. The van der Waals surface area contributed by atoms with Gasteiger partial charge in [0.05, 0.1) is 23.9 Å².